The van der Waals surface area contributed by atoms with E-state index in [1.807, 2.05) is 25.1 Å². The summed E-state index contributed by atoms with van der Waals surface area (Å²) in [4.78, 5) is 25.5. The molecule has 1 amide bonds. The molecule has 0 spiro atoms. The Hall–Kier alpha value is -3.54. The summed E-state index contributed by atoms with van der Waals surface area (Å²) in [6.45, 7) is 2.04. The lowest BCUT2D eigenvalue weighted by Crippen LogP contribution is -2.37. The van der Waals surface area contributed by atoms with Gasteiger partial charge in [0.2, 0.25) is 11.7 Å². The number of ketones is 1. The number of benzene rings is 3. The van der Waals surface area contributed by atoms with Gasteiger partial charge in [-0.25, -0.2) is 0 Å². The fraction of sp³-hybridized carbons (Fsp3) is 0.400. The maximum absolute atomic E-state index is 13.1. The van der Waals surface area contributed by atoms with Crippen LogP contribution in [0.4, 0.5) is 0 Å². The zero-order valence-corrected chi connectivity index (χ0v) is 21.8. The Labute approximate surface area is 212 Å². The van der Waals surface area contributed by atoms with E-state index in [1.54, 1.807) is 28.4 Å². The minimum atomic E-state index is -0.401. The van der Waals surface area contributed by atoms with Gasteiger partial charge in [0.15, 0.2) is 11.5 Å². The molecular formula is C30H35NO5. The lowest BCUT2D eigenvalue weighted by Gasteiger charge is -2.25. The Bertz CT molecular complexity index is 1260. The van der Waals surface area contributed by atoms with E-state index < -0.39 is 5.41 Å². The number of Topliss-reactive ketones (excluding diaryl/α,β-unsaturated/α-hetero) is 1. The predicted octanol–water partition coefficient (Wildman–Crippen LogP) is 5.59. The van der Waals surface area contributed by atoms with Crippen molar-refractivity contribution in [1.29, 1.82) is 0 Å². The van der Waals surface area contributed by atoms with Crippen molar-refractivity contribution in [3.63, 3.8) is 0 Å². The summed E-state index contributed by atoms with van der Waals surface area (Å²) < 4.78 is 16.4. The normalized spacial score (nSPS) is 19.2. The van der Waals surface area contributed by atoms with E-state index in [4.69, 9.17) is 14.2 Å². The third-order valence-electron chi connectivity index (χ3n) is 7.73. The number of fused-ring (bicyclic) bond motifs is 1. The number of carbonyl (C=O) groups is 2. The van der Waals surface area contributed by atoms with E-state index in [0.29, 0.717) is 30.1 Å². The van der Waals surface area contributed by atoms with Gasteiger partial charge < -0.3 is 19.5 Å². The van der Waals surface area contributed by atoms with E-state index in [2.05, 4.69) is 35.6 Å². The van der Waals surface area contributed by atoms with Crippen LogP contribution < -0.4 is 19.5 Å². The molecule has 36 heavy (non-hydrogen) atoms. The van der Waals surface area contributed by atoms with Gasteiger partial charge in [0.05, 0.1) is 21.3 Å². The van der Waals surface area contributed by atoms with Gasteiger partial charge in [0.25, 0.3) is 0 Å². The zero-order chi connectivity index (χ0) is 25.9. The third kappa shape index (κ3) is 4.77. The van der Waals surface area contributed by atoms with E-state index in [-0.39, 0.29) is 17.6 Å². The van der Waals surface area contributed by atoms with Gasteiger partial charge >= 0.3 is 0 Å². The van der Waals surface area contributed by atoms with Gasteiger partial charge in [0, 0.05) is 24.8 Å². The van der Waals surface area contributed by atoms with Crippen LogP contribution in [0.2, 0.25) is 0 Å². The number of amides is 1. The van der Waals surface area contributed by atoms with Crippen LogP contribution in [0.5, 0.6) is 17.2 Å². The van der Waals surface area contributed by atoms with Crippen molar-refractivity contribution >= 4 is 22.5 Å². The number of carbonyl (C=O) groups excluding carboxylic acids is 2. The van der Waals surface area contributed by atoms with Crippen LogP contribution in [0.25, 0.3) is 21.9 Å². The molecule has 6 heteroatoms. The minimum Gasteiger partial charge on any atom is -0.493 e. The summed E-state index contributed by atoms with van der Waals surface area (Å²) in [7, 11) is 6.48. The maximum atomic E-state index is 13.1. The van der Waals surface area contributed by atoms with E-state index in [0.717, 1.165) is 46.7 Å². The summed E-state index contributed by atoms with van der Waals surface area (Å²) >= 11 is 0. The lowest BCUT2D eigenvalue weighted by atomic mass is 9.81. The predicted molar refractivity (Wildman–Crippen MR) is 142 cm³/mol. The molecule has 0 heterocycles. The molecule has 1 saturated carbocycles. The summed E-state index contributed by atoms with van der Waals surface area (Å²) in [6.07, 6.45) is 3.37. The van der Waals surface area contributed by atoms with Crippen molar-refractivity contribution in [2.75, 3.05) is 28.4 Å². The average Bonchev–Trinajstić information content (AvgIpc) is 3.37. The molecule has 2 unspecified atom stereocenters. The number of ether oxygens (including phenoxy) is 3. The van der Waals surface area contributed by atoms with Gasteiger partial charge in [-0.3, -0.25) is 9.59 Å². The first-order chi connectivity index (χ1) is 17.4. The number of methoxy groups -OCH3 is 3. The largest absolute Gasteiger partial charge is 0.493 e. The molecule has 3 aromatic carbocycles. The van der Waals surface area contributed by atoms with Gasteiger partial charge in [-0.15, -0.1) is 0 Å². The van der Waals surface area contributed by atoms with Gasteiger partial charge in [-0.1, -0.05) is 37.3 Å². The molecule has 1 fully saturated rings. The topological polar surface area (TPSA) is 73.9 Å². The Morgan fingerprint density at radius 2 is 1.58 bits per heavy atom. The van der Waals surface area contributed by atoms with Crippen LogP contribution >= 0.6 is 0 Å². The van der Waals surface area contributed by atoms with E-state index in [9.17, 15) is 9.59 Å². The molecule has 1 aliphatic carbocycles. The molecule has 3 aromatic rings. The van der Waals surface area contributed by atoms with E-state index in [1.165, 1.54) is 0 Å². The van der Waals surface area contributed by atoms with Crippen molar-refractivity contribution in [2.24, 2.45) is 11.3 Å². The second kappa shape index (κ2) is 10.6. The molecule has 1 N–H and O–H groups in total. The molecule has 190 valence electrons. The van der Waals surface area contributed by atoms with Crippen molar-refractivity contribution < 1.29 is 23.8 Å². The van der Waals surface area contributed by atoms with Crippen molar-refractivity contribution in [3.05, 3.63) is 54.1 Å². The molecule has 0 radical (unpaired) electrons. The molecular weight excluding hydrogens is 454 g/mol. The van der Waals surface area contributed by atoms with Crippen molar-refractivity contribution in [3.8, 4) is 28.4 Å². The smallest absolute Gasteiger partial charge is 0.225 e. The molecule has 4 rings (SSSR count). The number of hydrogen-bond acceptors (Lipinski definition) is 5. The first-order valence-electron chi connectivity index (χ1n) is 12.5. The van der Waals surface area contributed by atoms with Crippen LogP contribution in [-0.4, -0.2) is 40.1 Å². The summed E-state index contributed by atoms with van der Waals surface area (Å²) in [5, 5.41) is 4.96. The van der Waals surface area contributed by atoms with Crippen LogP contribution in [0.1, 0.15) is 38.2 Å². The highest BCUT2D eigenvalue weighted by atomic mass is 16.5. The van der Waals surface area contributed by atoms with Crippen LogP contribution in [0.15, 0.2) is 48.5 Å². The SMILES string of the molecule is CCC1(C(=O)NC)CCC(C(=O)Cc2ccc3cc(-c4cc(OC)c(OC)c(OC)c4)ccc3c2)C1. The maximum Gasteiger partial charge on any atom is 0.225 e. The zero-order valence-electron chi connectivity index (χ0n) is 21.8. The number of nitrogens with one attached hydrogen (secondary N) is 1. The monoisotopic (exact) mass is 489 g/mol. The Morgan fingerprint density at radius 3 is 2.19 bits per heavy atom. The summed E-state index contributed by atoms with van der Waals surface area (Å²) in [6, 6.07) is 16.3. The molecule has 6 nitrogen and oxygen atoms in total. The highest BCUT2D eigenvalue weighted by Gasteiger charge is 2.45. The van der Waals surface area contributed by atoms with Gasteiger partial charge in [-0.05, 0) is 71.3 Å². The van der Waals surface area contributed by atoms with Crippen LogP contribution in [0, 0.1) is 11.3 Å². The molecule has 1 aliphatic rings. The third-order valence-corrected chi connectivity index (χ3v) is 7.73. The van der Waals surface area contributed by atoms with Gasteiger partial charge in [0.1, 0.15) is 5.78 Å². The Balaban J connectivity index is 1.54. The first-order valence-corrected chi connectivity index (χ1v) is 12.5. The second-order valence-corrected chi connectivity index (χ2v) is 9.61. The minimum absolute atomic E-state index is 0.0552. The van der Waals surface area contributed by atoms with Crippen molar-refractivity contribution in [2.45, 2.75) is 39.0 Å². The highest BCUT2D eigenvalue weighted by Crippen LogP contribution is 2.45. The van der Waals surface area contributed by atoms with E-state index >= 15 is 0 Å². The van der Waals surface area contributed by atoms with Gasteiger partial charge in [-0.2, -0.15) is 0 Å². The van der Waals surface area contributed by atoms with Crippen molar-refractivity contribution in [1.82, 2.24) is 5.32 Å². The van der Waals surface area contributed by atoms with Crippen LogP contribution in [0.3, 0.4) is 0 Å². The van der Waals surface area contributed by atoms with Crippen LogP contribution in [-0.2, 0) is 16.0 Å². The molecule has 0 aliphatic heterocycles. The molecule has 2 atom stereocenters. The highest BCUT2D eigenvalue weighted by molar-refractivity contribution is 5.91. The quantitative estimate of drug-likeness (QED) is 0.424. The Kier molecular flexibility index (Phi) is 7.53. The first kappa shape index (κ1) is 25.5. The standard InChI is InChI=1S/C30H35NO5/c1-6-30(29(33)31-2)12-11-23(18-30)25(32)14-19-7-8-21-15-22(10-9-20(21)13-19)24-16-26(34-3)28(36-5)27(17-24)35-4/h7-10,13,15-17,23H,6,11-12,14,18H2,1-5H3,(H,31,33). The number of rotatable bonds is 9. The molecule has 0 saturated heterocycles. The average molecular weight is 490 g/mol. The molecule has 0 aromatic heterocycles. The fourth-order valence-electron chi connectivity index (χ4n) is 5.53. The summed E-state index contributed by atoms with van der Waals surface area (Å²) in [5.74, 6) is 2.01. The Morgan fingerprint density at radius 1 is 0.917 bits per heavy atom. The molecule has 0 bridgehead atoms. The lowest BCUT2D eigenvalue weighted by molar-refractivity contribution is -0.131. The fourth-order valence-corrected chi connectivity index (χ4v) is 5.53. The number of hydrogen-bond donors (Lipinski definition) is 1. The second-order valence-electron chi connectivity index (χ2n) is 9.61. The summed E-state index contributed by atoms with van der Waals surface area (Å²) in [5.41, 5.74) is 2.59.